The number of para-hydroxylation sites is 3. The second-order valence-corrected chi connectivity index (χ2v) is 8.39. The number of nitrogens with zero attached hydrogens (tertiary/aromatic N) is 3. The predicted octanol–water partition coefficient (Wildman–Crippen LogP) is 2.82. The summed E-state index contributed by atoms with van der Waals surface area (Å²) in [6, 6.07) is 17.4. The van der Waals surface area contributed by atoms with Crippen molar-refractivity contribution in [2.24, 2.45) is 0 Å². The van der Waals surface area contributed by atoms with E-state index in [4.69, 9.17) is 4.74 Å². The van der Waals surface area contributed by atoms with Gasteiger partial charge in [0.05, 0.1) is 24.0 Å². The van der Waals surface area contributed by atoms with Crippen molar-refractivity contribution in [3.05, 3.63) is 60.3 Å². The molecule has 2 N–H and O–H groups in total. The molecule has 1 aliphatic rings. The number of fused-ring (bicyclic) bond motifs is 1. The number of aryl methyl sites for hydroxylation is 1. The standard InChI is InChI=1S/C26H31N5O3/c1-19-18-22(20-8-3-4-9-21(20)28-19)29-26(33)25(32)27-12-7-13-30-14-16-31(17-15-30)23-10-5-6-11-24(23)34-2/h3-6,8-11,18H,7,12-17H2,1-2H3,(H,27,32)(H,28,29,33). The molecule has 0 saturated carbocycles. The van der Waals surface area contributed by atoms with E-state index in [1.165, 1.54) is 0 Å². The van der Waals surface area contributed by atoms with Crippen LogP contribution in [-0.4, -0.2) is 68.1 Å². The van der Waals surface area contributed by atoms with Crippen LogP contribution in [0.1, 0.15) is 12.1 Å². The van der Waals surface area contributed by atoms with Crippen LogP contribution in [0.2, 0.25) is 0 Å². The first-order chi connectivity index (χ1) is 16.5. The van der Waals surface area contributed by atoms with Gasteiger partial charge in [-0.25, -0.2) is 0 Å². The van der Waals surface area contributed by atoms with Crippen molar-refractivity contribution in [1.29, 1.82) is 0 Å². The van der Waals surface area contributed by atoms with Gasteiger partial charge in [-0.2, -0.15) is 0 Å². The Labute approximate surface area is 199 Å². The smallest absolute Gasteiger partial charge is 0.313 e. The fourth-order valence-corrected chi connectivity index (χ4v) is 4.28. The topological polar surface area (TPSA) is 86.8 Å². The van der Waals surface area contributed by atoms with E-state index in [0.29, 0.717) is 12.2 Å². The van der Waals surface area contributed by atoms with Crippen LogP contribution < -0.4 is 20.3 Å². The number of hydrogen-bond acceptors (Lipinski definition) is 6. The molecule has 178 valence electrons. The molecule has 2 aromatic carbocycles. The molecular formula is C26H31N5O3. The third kappa shape index (κ3) is 5.63. The van der Waals surface area contributed by atoms with E-state index in [0.717, 1.165) is 67.2 Å². The fraction of sp³-hybridized carbons (Fsp3) is 0.346. The van der Waals surface area contributed by atoms with Crippen LogP contribution in [0.15, 0.2) is 54.6 Å². The van der Waals surface area contributed by atoms with Gasteiger partial charge in [-0.1, -0.05) is 30.3 Å². The van der Waals surface area contributed by atoms with E-state index < -0.39 is 11.8 Å². The first kappa shape index (κ1) is 23.5. The minimum Gasteiger partial charge on any atom is -0.495 e. The summed E-state index contributed by atoms with van der Waals surface area (Å²) >= 11 is 0. The van der Waals surface area contributed by atoms with Gasteiger partial charge in [0.25, 0.3) is 0 Å². The molecule has 0 aliphatic carbocycles. The second kappa shape index (κ2) is 11.0. The van der Waals surface area contributed by atoms with Crippen molar-refractivity contribution >= 4 is 34.1 Å². The van der Waals surface area contributed by atoms with Crippen molar-refractivity contribution in [3.63, 3.8) is 0 Å². The van der Waals surface area contributed by atoms with E-state index >= 15 is 0 Å². The van der Waals surface area contributed by atoms with Crippen LogP contribution in [0, 0.1) is 6.92 Å². The van der Waals surface area contributed by atoms with Crippen LogP contribution in [0.3, 0.4) is 0 Å². The first-order valence-electron chi connectivity index (χ1n) is 11.6. The molecule has 0 unspecified atom stereocenters. The van der Waals surface area contributed by atoms with Gasteiger partial charge >= 0.3 is 11.8 Å². The van der Waals surface area contributed by atoms with Gasteiger partial charge in [0.2, 0.25) is 0 Å². The maximum Gasteiger partial charge on any atom is 0.313 e. The lowest BCUT2D eigenvalue weighted by Gasteiger charge is -2.36. The lowest BCUT2D eigenvalue weighted by molar-refractivity contribution is -0.136. The van der Waals surface area contributed by atoms with Crippen molar-refractivity contribution in [1.82, 2.24) is 15.2 Å². The molecule has 8 heteroatoms. The highest BCUT2D eigenvalue weighted by molar-refractivity contribution is 6.40. The lowest BCUT2D eigenvalue weighted by atomic mass is 10.1. The number of anilines is 2. The molecule has 1 saturated heterocycles. The molecule has 8 nitrogen and oxygen atoms in total. The summed E-state index contributed by atoms with van der Waals surface area (Å²) in [5.74, 6) is -0.396. The summed E-state index contributed by atoms with van der Waals surface area (Å²) in [5.41, 5.74) is 3.28. The van der Waals surface area contributed by atoms with Crippen molar-refractivity contribution in [3.8, 4) is 5.75 Å². The Balaban J connectivity index is 1.20. The van der Waals surface area contributed by atoms with Crippen LogP contribution in [0.5, 0.6) is 5.75 Å². The molecule has 34 heavy (non-hydrogen) atoms. The molecular weight excluding hydrogens is 430 g/mol. The zero-order valence-electron chi connectivity index (χ0n) is 19.7. The average Bonchev–Trinajstić information content (AvgIpc) is 2.86. The molecule has 1 aliphatic heterocycles. The van der Waals surface area contributed by atoms with Crippen molar-refractivity contribution in [2.75, 3.05) is 56.6 Å². The lowest BCUT2D eigenvalue weighted by Crippen LogP contribution is -2.47. The number of amides is 2. The summed E-state index contributed by atoms with van der Waals surface area (Å²) in [7, 11) is 1.70. The van der Waals surface area contributed by atoms with Crippen LogP contribution >= 0.6 is 0 Å². The number of pyridine rings is 1. The number of carbonyl (C=O) groups excluding carboxylic acids is 2. The third-order valence-corrected chi connectivity index (χ3v) is 6.03. The van der Waals surface area contributed by atoms with Gasteiger partial charge in [-0.05, 0) is 44.2 Å². The van der Waals surface area contributed by atoms with E-state index in [1.54, 1.807) is 13.2 Å². The molecule has 0 spiro atoms. The quantitative estimate of drug-likeness (QED) is 0.416. The molecule has 0 radical (unpaired) electrons. The highest BCUT2D eigenvalue weighted by atomic mass is 16.5. The molecule has 3 aromatic rings. The number of hydrogen-bond donors (Lipinski definition) is 2. The Kier molecular flexibility index (Phi) is 7.59. The maximum atomic E-state index is 12.4. The first-order valence-corrected chi connectivity index (χ1v) is 11.6. The largest absolute Gasteiger partial charge is 0.495 e. The number of rotatable bonds is 7. The van der Waals surface area contributed by atoms with Gasteiger partial charge in [0.15, 0.2) is 0 Å². The number of ether oxygens (including phenoxy) is 1. The molecule has 2 amide bonds. The van der Waals surface area contributed by atoms with E-state index in [1.807, 2.05) is 49.4 Å². The number of piperazine rings is 1. The Morgan fingerprint density at radius 2 is 1.74 bits per heavy atom. The van der Waals surface area contributed by atoms with Gasteiger partial charge in [-0.3, -0.25) is 19.5 Å². The summed E-state index contributed by atoms with van der Waals surface area (Å²) in [6.07, 6.45) is 0.783. The normalized spacial score (nSPS) is 14.1. The fourth-order valence-electron chi connectivity index (χ4n) is 4.28. The van der Waals surface area contributed by atoms with Crippen molar-refractivity contribution in [2.45, 2.75) is 13.3 Å². The molecule has 4 rings (SSSR count). The van der Waals surface area contributed by atoms with Crippen molar-refractivity contribution < 1.29 is 14.3 Å². The Hall–Kier alpha value is -3.65. The summed E-state index contributed by atoms with van der Waals surface area (Å²) < 4.78 is 5.48. The van der Waals surface area contributed by atoms with Gasteiger partial charge in [0.1, 0.15) is 5.75 Å². The minimum atomic E-state index is -0.666. The Morgan fingerprint density at radius 3 is 2.53 bits per heavy atom. The summed E-state index contributed by atoms with van der Waals surface area (Å²) in [6.45, 7) is 6.92. The molecule has 0 bridgehead atoms. The van der Waals surface area contributed by atoms with E-state index in [-0.39, 0.29) is 0 Å². The van der Waals surface area contributed by atoms with Gasteiger partial charge in [-0.15, -0.1) is 0 Å². The number of carbonyl (C=O) groups is 2. The molecule has 2 heterocycles. The highest BCUT2D eigenvalue weighted by Gasteiger charge is 2.20. The SMILES string of the molecule is COc1ccccc1N1CCN(CCCNC(=O)C(=O)Nc2cc(C)nc3ccccc23)CC1. The Morgan fingerprint density at radius 1 is 1.00 bits per heavy atom. The predicted molar refractivity (Wildman–Crippen MR) is 134 cm³/mol. The maximum absolute atomic E-state index is 12.4. The number of methoxy groups -OCH3 is 1. The average molecular weight is 462 g/mol. The Bertz CT molecular complexity index is 1160. The zero-order chi connectivity index (χ0) is 23.9. The number of aromatic nitrogens is 1. The summed E-state index contributed by atoms with van der Waals surface area (Å²) in [4.78, 5) is 33.9. The molecule has 0 atom stereocenters. The summed E-state index contributed by atoms with van der Waals surface area (Å²) in [5, 5.41) is 6.27. The van der Waals surface area contributed by atoms with Gasteiger partial charge in [0, 0.05) is 43.8 Å². The van der Waals surface area contributed by atoms with Gasteiger partial charge < -0.3 is 20.3 Å². The monoisotopic (exact) mass is 461 g/mol. The highest BCUT2D eigenvalue weighted by Crippen LogP contribution is 2.28. The zero-order valence-corrected chi connectivity index (χ0v) is 19.7. The third-order valence-electron chi connectivity index (χ3n) is 6.03. The molecule has 1 fully saturated rings. The van der Waals surface area contributed by atoms with Crippen LogP contribution in [0.25, 0.3) is 10.9 Å². The number of benzene rings is 2. The van der Waals surface area contributed by atoms with E-state index in [2.05, 4.69) is 31.5 Å². The van der Waals surface area contributed by atoms with E-state index in [9.17, 15) is 9.59 Å². The second-order valence-electron chi connectivity index (χ2n) is 8.39. The molecule has 1 aromatic heterocycles. The van der Waals surface area contributed by atoms with Crippen LogP contribution in [0.4, 0.5) is 11.4 Å². The number of nitrogens with one attached hydrogen (secondary N) is 2. The minimum absolute atomic E-state index is 0.453. The van der Waals surface area contributed by atoms with Crippen LogP contribution in [-0.2, 0) is 9.59 Å².